The number of carboxylic acid groups (broad SMARTS) is 1. The van der Waals surface area contributed by atoms with E-state index in [9.17, 15) is 13.2 Å². The molecule has 9 heteroatoms. The maximum Gasteiger partial charge on any atom is 0.335 e. The molecule has 0 amide bonds. The summed E-state index contributed by atoms with van der Waals surface area (Å²) in [7, 11) is -2.99. The second kappa shape index (κ2) is 7.51. The van der Waals surface area contributed by atoms with E-state index in [1.165, 1.54) is 12.1 Å². The molecule has 1 aliphatic rings. The summed E-state index contributed by atoms with van der Waals surface area (Å²) in [6, 6.07) is 8.07. The molecule has 2 N–H and O–H groups in total. The second-order valence-electron chi connectivity index (χ2n) is 6.51. The van der Waals surface area contributed by atoms with E-state index >= 15 is 0 Å². The van der Waals surface area contributed by atoms with E-state index in [2.05, 4.69) is 15.3 Å². The molecule has 0 aliphatic carbocycles. The standard InChI is InChI=1S/C18H22N4O4S/c1-3-22(15-8-9-27(25,26)11-15)17-10-16(19-12(2)20-17)21-14-6-4-13(5-7-14)18(23)24/h4-7,10,15H,3,8-9,11H2,1-2H3,(H,23,24)(H,19,20,21). The minimum Gasteiger partial charge on any atom is -0.478 e. The molecule has 2 heterocycles. The van der Waals surface area contributed by atoms with Crippen LogP contribution in [-0.4, -0.2) is 53.6 Å². The molecule has 0 saturated carbocycles. The van der Waals surface area contributed by atoms with E-state index in [1.54, 1.807) is 25.1 Å². The first kappa shape index (κ1) is 19.1. The van der Waals surface area contributed by atoms with Gasteiger partial charge < -0.3 is 15.3 Å². The van der Waals surface area contributed by atoms with Crippen LogP contribution in [-0.2, 0) is 9.84 Å². The number of anilines is 3. The zero-order valence-electron chi connectivity index (χ0n) is 15.2. The Hall–Kier alpha value is -2.68. The van der Waals surface area contributed by atoms with Crippen molar-refractivity contribution in [3.63, 3.8) is 0 Å². The second-order valence-corrected chi connectivity index (χ2v) is 8.74. The largest absolute Gasteiger partial charge is 0.478 e. The molecule has 1 atom stereocenters. The summed E-state index contributed by atoms with van der Waals surface area (Å²) in [5, 5.41) is 12.1. The molecule has 1 fully saturated rings. The van der Waals surface area contributed by atoms with Gasteiger partial charge in [-0.1, -0.05) is 0 Å². The average Bonchev–Trinajstić information content (AvgIpc) is 2.95. The highest BCUT2D eigenvalue weighted by molar-refractivity contribution is 7.91. The van der Waals surface area contributed by atoms with Crippen molar-refractivity contribution in [3.05, 3.63) is 41.7 Å². The van der Waals surface area contributed by atoms with Gasteiger partial charge in [-0.2, -0.15) is 0 Å². The lowest BCUT2D eigenvalue weighted by molar-refractivity contribution is 0.0697. The Kier molecular flexibility index (Phi) is 5.31. The van der Waals surface area contributed by atoms with Crippen molar-refractivity contribution in [3.8, 4) is 0 Å². The molecule has 3 rings (SSSR count). The minimum absolute atomic E-state index is 0.0861. The normalized spacial score (nSPS) is 18.2. The van der Waals surface area contributed by atoms with Crippen molar-refractivity contribution < 1.29 is 18.3 Å². The highest BCUT2D eigenvalue weighted by atomic mass is 32.2. The first-order valence-electron chi connectivity index (χ1n) is 8.70. The van der Waals surface area contributed by atoms with Gasteiger partial charge in [0.05, 0.1) is 17.1 Å². The predicted molar refractivity (Wildman–Crippen MR) is 104 cm³/mol. The maximum absolute atomic E-state index is 11.8. The average molecular weight is 390 g/mol. The summed E-state index contributed by atoms with van der Waals surface area (Å²) in [5.41, 5.74) is 0.912. The smallest absolute Gasteiger partial charge is 0.335 e. The topological polar surface area (TPSA) is 112 Å². The maximum atomic E-state index is 11.8. The molecule has 144 valence electrons. The molecule has 0 bridgehead atoms. The lowest BCUT2D eigenvalue weighted by Crippen LogP contribution is -2.36. The van der Waals surface area contributed by atoms with Crippen LogP contribution in [0.25, 0.3) is 0 Å². The number of carbonyl (C=O) groups is 1. The van der Waals surface area contributed by atoms with Gasteiger partial charge in [0.2, 0.25) is 0 Å². The lowest BCUT2D eigenvalue weighted by Gasteiger charge is -2.28. The SMILES string of the molecule is CCN(c1cc(Nc2ccc(C(=O)O)cc2)nc(C)n1)C1CCS(=O)(=O)C1. The van der Waals surface area contributed by atoms with Crippen LogP contribution in [0.15, 0.2) is 30.3 Å². The third-order valence-electron chi connectivity index (χ3n) is 4.51. The van der Waals surface area contributed by atoms with E-state index < -0.39 is 15.8 Å². The third-order valence-corrected chi connectivity index (χ3v) is 6.26. The van der Waals surface area contributed by atoms with Crippen LogP contribution in [0.4, 0.5) is 17.3 Å². The number of nitrogens with zero attached hydrogens (tertiary/aromatic N) is 3. The molecule has 1 aliphatic heterocycles. The fourth-order valence-electron chi connectivity index (χ4n) is 3.24. The first-order chi connectivity index (χ1) is 12.8. The van der Waals surface area contributed by atoms with E-state index in [1.807, 2.05) is 11.8 Å². The number of nitrogens with one attached hydrogen (secondary N) is 1. The first-order valence-corrected chi connectivity index (χ1v) is 10.5. The Bertz CT molecular complexity index is 944. The van der Waals surface area contributed by atoms with Gasteiger partial charge >= 0.3 is 5.97 Å². The van der Waals surface area contributed by atoms with E-state index in [4.69, 9.17) is 5.11 Å². The number of rotatable bonds is 6. The highest BCUT2D eigenvalue weighted by Crippen LogP contribution is 2.25. The number of hydrogen-bond acceptors (Lipinski definition) is 7. The van der Waals surface area contributed by atoms with Crippen LogP contribution in [0.1, 0.15) is 29.5 Å². The van der Waals surface area contributed by atoms with Crippen LogP contribution in [0.3, 0.4) is 0 Å². The van der Waals surface area contributed by atoms with Gasteiger partial charge in [0, 0.05) is 24.3 Å². The molecular formula is C18H22N4O4S. The molecule has 1 unspecified atom stereocenters. The monoisotopic (exact) mass is 390 g/mol. The number of hydrogen-bond donors (Lipinski definition) is 2. The van der Waals surface area contributed by atoms with Gasteiger partial charge in [0.25, 0.3) is 0 Å². The van der Waals surface area contributed by atoms with Crippen LogP contribution in [0, 0.1) is 6.92 Å². The molecule has 0 spiro atoms. The molecule has 27 heavy (non-hydrogen) atoms. The molecule has 1 aromatic heterocycles. The van der Waals surface area contributed by atoms with Crippen LogP contribution >= 0.6 is 0 Å². The summed E-state index contributed by atoms with van der Waals surface area (Å²) in [6.07, 6.45) is 0.596. The van der Waals surface area contributed by atoms with Gasteiger partial charge in [-0.25, -0.2) is 23.2 Å². The highest BCUT2D eigenvalue weighted by Gasteiger charge is 2.32. The fourth-order valence-corrected chi connectivity index (χ4v) is 4.97. The summed E-state index contributed by atoms with van der Waals surface area (Å²) in [6.45, 7) is 4.39. The van der Waals surface area contributed by atoms with Crippen molar-refractivity contribution in [2.24, 2.45) is 0 Å². The van der Waals surface area contributed by atoms with Gasteiger partial charge in [-0.05, 0) is 44.5 Å². The number of aromatic nitrogens is 2. The Morgan fingerprint density at radius 2 is 2.00 bits per heavy atom. The quantitative estimate of drug-likeness (QED) is 0.772. The lowest BCUT2D eigenvalue weighted by atomic mass is 10.2. The Morgan fingerprint density at radius 3 is 2.56 bits per heavy atom. The summed E-state index contributed by atoms with van der Waals surface area (Å²) < 4.78 is 23.7. The zero-order chi connectivity index (χ0) is 19.6. The summed E-state index contributed by atoms with van der Waals surface area (Å²) in [5.74, 6) is 1.18. The minimum atomic E-state index is -2.99. The van der Waals surface area contributed by atoms with Crippen LogP contribution < -0.4 is 10.2 Å². The van der Waals surface area contributed by atoms with Crippen LogP contribution in [0.5, 0.6) is 0 Å². The molecule has 1 saturated heterocycles. The number of benzene rings is 1. The summed E-state index contributed by atoms with van der Waals surface area (Å²) >= 11 is 0. The van der Waals surface area contributed by atoms with Gasteiger partial charge in [0.15, 0.2) is 9.84 Å². The fraction of sp³-hybridized carbons (Fsp3) is 0.389. The number of carboxylic acids is 1. The predicted octanol–water partition coefficient (Wildman–Crippen LogP) is 2.24. The molecule has 0 radical (unpaired) electrons. The van der Waals surface area contributed by atoms with Crippen molar-refractivity contribution in [1.82, 2.24) is 9.97 Å². The van der Waals surface area contributed by atoms with E-state index in [0.717, 1.165) is 0 Å². The van der Waals surface area contributed by atoms with Gasteiger partial charge in [-0.3, -0.25) is 0 Å². The van der Waals surface area contributed by atoms with E-state index in [-0.39, 0.29) is 23.1 Å². The Balaban J connectivity index is 1.84. The van der Waals surface area contributed by atoms with Gasteiger partial charge in [0.1, 0.15) is 17.5 Å². The van der Waals surface area contributed by atoms with E-state index in [0.29, 0.717) is 36.1 Å². The Labute approximate surface area is 158 Å². The molecular weight excluding hydrogens is 368 g/mol. The number of aryl methyl sites for hydroxylation is 1. The van der Waals surface area contributed by atoms with Crippen molar-refractivity contribution in [1.29, 1.82) is 0 Å². The van der Waals surface area contributed by atoms with Crippen molar-refractivity contribution in [2.45, 2.75) is 26.3 Å². The molecule has 1 aromatic carbocycles. The number of sulfone groups is 1. The van der Waals surface area contributed by atoms with Crippen LogP contribution in [0.2, 0.25) is 0 Å². The van der Waals surface area contributed by atoms with Crippen molar-refractivity contribution in [2.75, 3.05) is 28.3 Å². The third kappa shape index (κ3) is 4.54. The van der Waals surface area contributed by atoms with Crippen molar-refractivity contribution >= 4 is 33.1 Å². The number of aromatic carboxylic acids is 1. The summed E-state index contributed by atoms with van der Waals surface area (Å²) in [4.78, 5) is 21.8. The molecule has 8 nitrogen and oxygen atoms in total. The molecule has 2 aromatic rings. The zero-order valence-corrected chi connectivity index (χ0v) is 16.0. The van der Waals surface area contributed by atoms with Gasteiger partial charge in [-0.15, -0.1) is 0 Å². The Morgan fingerprint density at radius 1 is 1.30 bits per heavy atom.